The van der Waals surface area contributed by atoms with E-state index in [1.807, 2.05) is 0 Å². The van der Waals surface area contributed by atoms with E-state index in [2.05, 4.69) is 15.2 Å². The summed E-state index contributed by atoms with van der Waals surface area (Å²) in [6, 6.07) is 7.50. The van der Waals surface area contributed by atoms with E-state index >= 15 is 0 Å². The maximum absolute atomic E-state index is 12.3. The van der Waals surface area contributed by atoms with Crippen molar-refractivity contribution in [2.45, 2.75) is 17.9 Å². The number of carbonyl (C=O) groups excluding carboxylic acids is 1. The highest BCUT2D eigenvalue weighted by atomic mass is 32.2. The van der Waals surface area contributed by atoms with Gasteiger partial charge in [-0.25, -0.2) is 13.8 Å². The molecule has 0 heterocycles. The average molecular weight is 422 g/mol. The maximum Gasteiger partial charge on any atom is 0.269 e. The normalized spacial score (nSPS) is 12.5. The highest BCUT2D eigenvalue weighted by Crippen LogP contribution is 2.25. The Bertz CT molecular complexity index is 1040. The van der Waals surface area contributed by atoms with Gasteiger partial charge in [0.15, 0.2) is 11.5 Å². The Morgan fingerprint density at radius 1 is 1.28 bits per heavy atom. The number of ether oxygens (including phenoxy) is 1. The fourth-order valence-electron chi connectivity index (χ4n) is 2.14. The number of aromatic hydroxyl groups is 1. The molecular formula is C17H18N4O7S. The number of sulfonamides is 1. The summed E-state index contributed by atoms with van der Waals surface area (Å²) < 4.78 is 31.7. The van der Waals surface area contributed by atoms with Crippen LogP contribution in [-0.2, 0) is 14.8 Å². The van der Waals surface area contributed by atoms with Crippen LogP contribution < -0.4 is 14.9 Å². The van der Waals surface area contributed by atoms with E-state index in [-0.39, 0.29) is 22.1 Å². The van der Waals surface area contributed by atoms with Crippen LogP contribution in [0.4, 0.5) is 5.69 Å². The summed E-state index contributed by atoms with van der Waals surface area (Å²) in [4.78, 5) is 21.8. The zero-order valence-electron chi connectivity index (χ0n) is 15.4. The minimum absolute atomic E-state index is 0.0528. The molecule has 0 saturated carbocycles. The van der Waals surface area contributed by atoms with Gasteiger partial charge in [0.05, 0.1) is 29.2 Å². The third-order valence-corrected chi connectivity index (χ3v) is 5.23. The number of hydrogen-bond donors (Lipinski definition) is 3. The second-order valence-electron chi connectivity index (χ2n) is 5.76. The molecule has 2 rings (SSSR count). The number of nitrogens with zero attached hydrogens (tertiary/aromatic N) is 2. The van der Waals surface area contributed by atoms with E-state index in [1.54, 1.807) is 0 Å². The minimum atomic E-state index is -4.07. The van der Waals surface area contributed by atoms with Crippen LogP contribution in [0.25, 0.3) is 0 Å². The largest absolute Gasteiger partial charge is 0.504 e. The van der Waals surface area contributed by atoms with Gasteiger partial charge in [-0.2, -0.15) is 9.82 Å². The number of benzene rings is 2. The van der Waals surface area contributed by atoms with Gasteiger partial charge in [0.25, 0.3) is 11.6 Å². The van der Waals surface area contributed by atoms with E-state index in [4.69, 9.17) is 4.74 Å². The Kier molecular flexibility index (Phi) is 6.85. The van der Waals surface area contributed by atoms with Gasteiger partial charge in [0, 0.05) is 12.1 Å². The summed E-state index contributed by atoms with van der Waals surface area (Å²) in [6.45, 7) is 1.32. The molecule has 0 saturated heterocycles. The second kappa shape index (κ2) is 9.12. The zero-order chi connectivity index (χ0) is 21.6. The maximum atomic E-state index is 12.3. The minimum Gasteiger partial charge on any atom is -0.504 e. The van der Waals surface area contributed by atoms with Crippen LogP contribution in [0.15, 0.2) is 52.5 Å². The van der Waals surface area contributed by atoms with E-state index in [0.717, 1.165) is 24.3 Å². The first-order chi connectivity index (χ1) is 13.6. The lowest BCUT2D eigenvalue weighted by Gasteiger charge is -2.12. The Morgan fingerprint density at radius 3 is 2.52 bits per heavy atom. The molecule has 2 aromatic rings. The Balaban J connectivity index is 1.99. The molecule has 0 spiro atoms. The lowest BCUT2D eigenvalue weighted by Crippen LogP contribution is -2.43. The molecule has 0 aliphatic carbocycles. The number of non-ortho nitro benzene ring substituents is 1. The molecule has 154 valence electrons. The molecule has 2 aromatic carbocycles. The van der Waals surface area contributed by atoms with Crippen LogP contribution in [0, 0.1) is 10.1 Å². The van der Waals surface area contributed by atoms with Crippen molar-refractivity contribution in [3.05, 3.63) is 58.1 Å². The fourth-order valence-corrected chi connectivity index (χ4v) is 3.35. The molecule has 0 aliphatic rings. The third-order valence-electron chi connectivity index (χ3n) is 3.68. The number of nitro benzene ring substituents is 1. The van der Waals surface area contributed by atoms with Crippen LogP contribution in [0.5, 0.6) is 11.5 Å². The van der Waals surface area contributed by atoms with E-state index in [0.29, 0.717) is 5.56 Å². The zero-order valence-corrected chi connectivity index (χ0v) is 16.2. The highest BCUT2D eigenvalue weighted by molar-refractivity contribution is 7.89. The number of nitro groups is 1. The monoisotopic (exact) mass is 422 g/mol. The molecule has 0 aliphatic heterocycles. The fraction of sp³-hybridized carbons (Fsp3) is 0.176. The first-order valence-corrected chi connectivity index (χ1v) is 9.59. The summed E-state index contributed by atoms with van der Waals surface area (Å²) in [7, 11) is -2.68. The Labute approximate surface area is 166 Å². The van der Waals surface area contributed by atoms with Crippen molar-refractivity contribution >= 4 is 27.8 Å². The predicted octanol–water partition coefficient (Wildman–Crippen LogP) is 1.13. The first kappa shape index (κ1) is 21.8. The van der Waals surface area contributed by atoms with Gasteiger partial charge in [-0.15, -0.1) is 0 Å². The topological polar surface area (TPSA) is 160 Å². The van der Waals surface area contributed by atoms with Gasteiger partial charge in [-0.1, -0.05) is 0 Å². The Hall–Kier alpha value is -3.51. The van der Waals surface area contributed by atoms with Crippen molar-refractivity contribution in [1.29, 1.82) is 0 Å². The molecule has 0 bridgehead atoms. The van der Waals surface area contributed by atoms with Crippen LogP contribution in [0.3, 0.4) is 0 Å². The SMILES string of the molecule is COc1cc(/C=N/NC(=O)C(C)NS(=O)(=O)c2ccc([N+](=O)[O-])cc2)ccc1O. The smallest absolute Gasteiger partial charge is 0.269 e. The predicted molar refractivity (Wildman–Crippen MR) is 103 cm³/mol. The molecule has 0 fully saturated rings. The number of rotatable bonds is 8. The van der Waals surface area contributed by atoms with Crippen molar-refractivity contribution in [2.24, 2.45) is 5.10 Å². The molecule has 0 aromatic heterocycles. The van der Waals surface area contributed by atoms with Gasteiger partial charge in [-0.05, 0) is 42.8 Å². The number of hydrogen-bond acceptors (Lipinski definition) is 8. The molecule has 29 heavy (non-hydrogen) atoms. The van der Waals surface area contributed by atoms with Gasteiger partial charge in [-0.3, -0.25) is 14.9 Å². The summed E-state index contributed by atoms with van der Waals surface area (Å²) in [5, 5.41) is 23.9. The number of carbonyl (C=O) groups is 1. The summed E-state index contributed by atoms with van der Waals surface area (Å²) in [5.41, 5.74) is 2.46. The number of hydrazone groups is 1. The highest BCUT2D eigenvalue weighted by Gasteiger charge is 2.22. The van der Waals surface area contributed by atoms with Crippen molar-refractivity contribution in [3.8, 4) is 11.5 Å². The van der Waals surface area contributed by atoms with Crippen LogP contribution in [-0.4, -0.2) is 43.7 Å². The van der Waals surface area contributed by atoms with Gasteiger partial charge < -0.3 is 9.84 Å². The quantitative estimate of drug-likeness (QED) is 0.326. The first-order valence-electron chi connectivity index (χ1n) is 8.11. The van der Waals surface area contributed by atoms with Crippen LogP contribution in [0.1, 0.15) is 12.5 Å². The van der Waals surface area contributed by atoms with E-state index in [1.165, 1.54) is 38.4 Å². The van der Waals surface area contributed by atoms with Crippen LogP contribution >= 0.6 is 0 Å². The molecule has 11 nitrogen and oxygen atoms in total. The van der Waals surface area contributed by atoms with Crippen molar-refractivity contribution in [3.63, 3.8) is 0 Å². The Morgan fingerprint density at radius 2 is 1.93 bits per heavy atom. The van der Waals surface area contributed by atoms with E-state index in [9.17, 15) is 28.4 Å². The number of phenolic OH excluding ortho intramolecular Hbond substituents is 1. The van der Waals surface area contributed by atoms with E-state index < -0.39 is 26.9 Å². The molecule has 1 atom stereocenters. The molecular weight excluding hydrogens is 404 g/mol. The third kappa shape index (κ3) is 5.73. The summed E-state index contributed by atoms with van der Waals surface area (Å²) >= 11 is 0. The number of phenols is 1. The molecule has 3 N–H and O–H groups in total. The number of amides is 1. The van der Waals surface area contributed by atoms with Crippen LogP contribution in [0.2, 0.25) is 0 Å². The second-order valence-corrected chi connectivity index (χ2v) is 7.47. The number of nitrogens with one attached hydrogen (secondary N) is 2. The van der Waals surface area contributed by atoms with Crippen molar-refractivity contribution < 1.29 is 28.0 Å². The summed E-state index contributed by atoms with van der Waals surface area (Å²) in [5.74, 6) is -0.551. The standard InChI is InChI=1S/C17H18N4O7S/c1-11(20-29(26,27)14-6-4-13(5-7-14)21(24)25)17(23)19-18-10-12-3-8-15(22)16(9-12)28-2/h3-11,20,22H,1-2H3,(H,19,23)/b18-10+. The van der Waals surface area contributed by atoms with Crippen molar-refractivity contribution in [1.82, 2.24) is 10.1 Å². The van der Waals surface area contributed by atoms with Crippen molar-refractivity contribution in [2.75, 3.05) is 7.11 Å². The molecule has 1 unspecified atom stereocenters. The van der Waals surface area contributed by atoms with Gasteiger partial charge >= 0.3 is 0 Å². The lowest BCUT2D eigenvalue weighted by molar-refractivity contribution is -0.384. The lowest BCUT2D eigenvalue weighted by atomic mass is 10.2. The summed E-state index contributed by atoms with van der Waals surface area (Å²) in [6.07, 6.45) is 1.29. The van der Waals surface area contributed by atoms with Gasteiger partial charge in [0.1, 0.15) is 0 Å². The molecule has 12 heteroatoms. The van der Waals surface area contributed by atoms with Gasteiger partial charge in [0.2, 0.25) is 10.0 Å². The molecule has 0 radical (unpaired) electrons. The number of methoxy groups -OCH3 is 1. The molecule has 1 amide bonds. The average Bonchev–Trinajstić information content (AvgIpc) is 2.68.